The average molecular weight is 406 g/mol. The van der Waals surface area contributed by atoms with Gasteiger partial charge in [0, 0.05) is 49.9 Å². The van der Waals surface area contributed by atoms with Crippen molar-refractivity contribution in [1.29, 1.82) is 0 Å². The lowest BCUT2D eigenvalue weighted by molar-refractivity contribution is 0.310. The predicted molar refractivity (Wildman–Crippen MR) is 121 cm³/mol. The second-order valence-electron chi connectivity index (χ2n) is 7.66. The smallest absolute Gasteiger partial charge is 0.255 e. The van der Waals surface area contributed by atoms with E-state index in [1.54, 1.807) is 10.6 Å². The van der Waals surface area contributed by atoms with Gasteiger partial charge in [0.1, 0.15) is 0 Å². The van der Waals surface area contributed by atoms with Crippen LogP contribution in [0.4, 0.5) is 0 Å². The third-order valence-corrected chi connectivity index (χ3v) is 5.88. The molecule has 0 fully saturated rings. The third-order valence-electron chi connectivity index (χ3n) is 5.88. The molecule has 29 heavy (non-hydrogen) atoms. The van der Waals surface area contributed by atoms with Crippen LogP contribution in [-0.4, -0.2) is 27.6 Å². The molecule has 4 aromatic rings. The number of aryl methyl sites for hydroxylation is 1. The van der Waals surface area contributed by atoms with E-state index in [1.807, 2.05) is 42.6 Å². The van der Waals surface area contributed by atoms with Crippen LogP contribution in [0.25, 0.3) is 27.7 Å². The maximum atomic E-state index is 12.8. The number of aromatic nitrogens is 2. The molecule has 3 heterocycles. The molecule has 0 saturated carbocycles. The zero-order chi connectivity index (χ0) is 19.3. The Labute approximate surface area is 176 Å². The third kappa shape index (κ3) is 3.28. The second-order valence-corrected chi connectivity index (χ2v) is 7.66. The van der Waals surface area contributed by atoms with Gasteiger partial charge in [-0.2, -0.15) is 0 Å². The van der Waals surface area contributed by atoms with Gasteiger partial charge < -0.3 is 9.47 Å². The van der Waals surface area contributed by atoms with Crippen LogP contribution in [-0.2, 0) is 20.0 Å². The molecule has 5 heteroatoms. The molecular weight excluding hydrogens is 382 g/mol. The quantitative estimate of drug-likeness (QED) is 0.494. The van der Waals surface area contributed by atoms with Gasteiger partial charge in [-0.1, -0.05) is 36.4 Å². The largest absolute Gasteiger partial charge is 0.347 e. The summed E-state index contributed by atoms with van der Waals surface area (Å²) in [6, 6.07) is 20.1. The number of nitrogens with zero attached hydrogens (tertiary/aromatic N) is 3. The monoisotopic (exact) mass is 405 g/mol. The maximum absolute atomic E-state index is 12.8. The molecule has 2 aromatic carbocycles. The Kier molecular flexibility index (Phi) is 5.07. The number of hydrogen-bond acceptors (Lipinski definition) is 2. The van der Waals surface area contributed by atoms with Crippen LogP contribution in [0, 0.1) is 0 Å². The summed E-state index contributed by atoms with van der Waals surface area (Å²) >= 11 is 0. The lowest BCUT2D eigenvalue weighted by Crippen LogP contribution is -2.26. The molecular formula is C24H24ClN3O. The highest BCUT2D eigenvalue weighted by atomic mass is 35.5. The SMILES string of the molecule is CN1CCc2c(c3ccc(-n4ccc(-c5ccccc5)cc4=O)cc3n2C)C1.Cl. The van der Waals surface area contributed by atoms with Gasteiger partial charge >= 0.3 is 0 Å². The van der Waals surface area contributed by atoms with Crippen LogP contribution in [0.2, 0.25) is 0 Å². The first-order chi connectivity index (χ1) is 13.6. The van der Waals surface area contributed by atoms with Crippen molar-refractivity contribution in [3.05, 3.63) is 88.5 Å². The molecule has 0 radical (unpaired) electrons. The molecule has 0 spiro atoms. The van der Waals surface area contributed by atoms with Crippen molar-refractivity contribution < 1.29 is 0 Å². The average Bonchev–Trinajstić information content (AvgIpc) is 2.99. The predicted octanol–water partition coefficient (Wildman–Crippen LogP) is 4.41. The van der Waals surface area contributed by atoms with E-state index in [0.29, 0.717) is 0 Å². The summed E-state index contributed by atoms with van der Waals surface area (Å²) in [4.78, 5) is 15.2. The van der Waals surface area contributed by atoms with E-state index in [1.165, 1.54) is 22.2 Å². The summed E-state index contributed by atoms with van der Waals surface area (Å²) in [5.74, 6) is 0. The minimum Gasteiger partial charge on any atom is -0.347 e. The fourth-order valence-corrected chi connectivity index (χ4v) is 4.35. The van der Waals surface area contributed by atoms with E-state index < -0.39 is 0 Å². The molecule has 0 atom stereocenters. The number of halogens is 1. The van der Waals surface area contributed by atoms with Crippen LogP contribution in [0.1, 0.15) is 11.3 Å². The van der Waals surface area contributed by atoms with Gasteiger partial charge in [-0.05, 0) is 41.9 Å². The molecule has 5 rings (SSSR count). The first kappa shape index (κ1) is 19.5. The van der Waals surface area contributed by atoms with E-state index in [0.717, 1.165) is 36.3 Å². The van der Waals surface area contributed by atoms with E-state index in [9.17, 15) is 4.79 Å². The molecule has 0 saturated heterocycles. The normalized spacial score (nSPS) is 13.9. The first-order valence-electron chi connectivity index (χ1n) is 9.69. The molecule has 2 aromatic heterocycles. The summed E-state index contributed by atoms with van der Waals surface area (Å²) in [5.41, 5.74) is 6.92. The van der Waals surface area contributed by atoms with Gasteiger partial charge in [-0.25, -0.2) is 0 Å². The molecule has 0 aliphatic carbocycles. The zero-order valence-corrected chi connectivity index (χ0v) is 17.4. The first-order valence-corrected chi connectivity index (χ1v) is 9.69. The molecule has 0 unspecified atom stereocenters. The van der Waals surface area contributed by atoms with Crippen LogP contribution >= 0.6 is 12.4 Å². The van der Waals surface area contributed by atoms with Crippen LogP contribution in [0.3, 0.4) is 0 Å². The highest BCUT2D eigenvalue weighted by molar-refractivity contribution is 5.87. The van der Waals surface area contributed by atoms with Crippen molar-refractivity contribution in [3.8, 4) is 16.8 Å². The molecule has 0 amide bonds. The Morgan fingerprint density at radius 1 is 0.897 bits per heavy atom. The Balaban J connectivity index is 0.00000205. The molecule has 1 aliphatic heterocycles. The van der Waals surface area contributed by atoms with Gasteiger partial charge in [0.2, 0.25) is 0 Å². The second kappa shape index (κ2) is 7.54. The Morgan fingerprint density at radius 2 is 1.69 bits per heavy atom. The minimum absolute atomic E-state index is 0. The fraction of sp³-hybridized carbons (Fsp3) is 0.208. The van der Waals surface area contributed by atoms with Crippen molar-refractivity contribution in [2.24, 2.45) is 7.05 Å². The summed E-state index contributed by atoms with van der Waals surface area (Å²) in [6.07, 6.45) is 2.94. The van der Waals surface area contributed by atoms with E-state index in [4.69, 9.17) is 0 Å². The highest BCUT2D eigenvalue weighted by Gasteiger charge is 2.21. The molecule has 4 nitrogen and oxygen atoms in total. The summed E-state index contributed by atoms with van der Waals surface area (Å²) in [7, 11) is 4.31. The van der Waals surface area contributed by atoms with Gasteiger partial charge in [0.25, 0.3) is 5.56 Å². The minimum atomic E-state index is -0.0144. The topological polar surface area (TPSA) is 30.2 Å². The number of hydrogen-bond donors (Lipinski definition) is 0. The number of fused-ring (bicyclic) bond motifs is 3. The van der Waals surface area contributed by atoms with E-state index in [-0.39, 0.29) is 18.0 Å². The van der Waals surface area contributed by atoms with Gasteiger partial charge in [0.05, 0.1) is 11.2 Å². The summed E-state index contributed by atoms with van der Waals surface area (Å²) in [5, 5.41) is 1.29. The van der Waals surface area contributed by atoms with Crippen LogP contribution in [0.15, 0.2) is 71.7 Å². The molecule has 1 aliphatic rings. The van der Waals surface area contributed by atoms with Gasteiger partial charge in [-0.3, -0.25) is 9.36 Å². The van der Waals surface area contributed by atoms with Gasteiger partial charge in [-0.15, -0.1) is 12.4 Å². The zero-order valence-electron chi connectivity index (χ0n) is 16.6. The van der Waals surface area contributed by atoms with E-state index in [2.05, 4.69) is 41.8 Å². The number of likely N-dealkylation sites (N-methyl/N-ethyl adjacent to an activating group) is 1. The highest BCUT2D eigenvalue weighted by Crippen LogP contribution is 2.31. The van der Waals surface area contributed by atoms with Crippen molar-refractivity contribution in [3.63, 3.8) is 0 Å². The van der Waals surface area contributed by atoms with Crippen molar-refractivity contribution in [2.75, 3.05) is 13.6 Å². The molecule has 0 N–H and O–H groups in total. The Morgan fingerprint density at radius 3 is 2.45 bits per heavy atom. The lowest BCUT2D eigenvalue weighted by atomic mass is 10.0. The standard InChI is InChI=1S/C24H23N3O.ClH/c1-25-12-11-22-21(16-25)20-9-8-19(15-23(20)26(22)2)27-13-10-18(14-24(27)28)17-6-4-3-5-7-17;/h3-10,13-15H,11-12,16H2,1-2H3;1H. The van der Waals surface area contributed by atoms with Crippen LogP contribution in [0.5, 0.6) is 0 Å². The van der Waals surface area contributed by atoms with Crippen molar-refractivity contribution in [1.82, 2.24) is 14.0 Å². The number of benzene rings is 2. The van der Waals surface area contributed by atoms with Crippen LogP contribution < -0.4 is 5.56 Å². The summed E-state index contributed by atoms with van der Waals surface area (Å²) < 4.78 is 4.02. The molecule has 0 bridgehead atoms. The maximum Gasteiger partial charge on any atom is 0.255 e. The number of pyridine rings is 1. The fourth-order valence-electron chi connectivity index (χ4n) is 4.35. The summed E-state index contributed by atoms with van der Waals surface area (Å²) in [6.45, 7) is 2.07. The molecule has 148 valence electrons. The Hall–Kier alpha value is -2.82. The lowest BCUT2D eigenvalue weighted by Gasteiger charge is -2.23. The van der Waals surface area contributed by atoms with Crippen molar-refractivity contribution in [2.45, 2.75) is 13.0 Å². The van der Waals surface area contributed by atoms with Gasteiger partial charge in [0.15, 0.2) is 0 Å². The van der Waals surface area contributed by atoms with E-state index >= 15 is 0 Å². The number of rotatable bonds is 2. The van der Waals surface area contributed by atoms with Crippen molar-refractivity contribution >= 4 is 23.3 Å². The Bertz CT molecular complexity index is 1240.